The van der Waals surface area contributed by atoms with Crippen molar-refractivity contribution in [3.63, 3.8) is 0 Å². The molecule has 0 unspecified atom stereocenters. The highest BCUT2D eigenvalue weighted by atomic mass is 15.1. The number of nitrogens with zero attached hydrogens (tertiary/aromatic N) is 1. The molecule has 0 spiro atoms. The first-order valence-corrected chi connectivity index (χ1v) is 4.28. The van der Waals surface area contributed by atoms with E-state index in [4.69, 9.17) is 0 Å². The van der Waals surface area contributed by atoms with Gasteiger partial charge >= 0.3 is 0 Å². The van der Waals surface area contributed by atoms with Crippen LogP contribution in [0.25, 0.3) is 11.3 Å². The lowest BCUT2D eigenvalue weighted by molar-refractivity contribution is 1.09. The quantitative estimate of drug-likeness (QED) is 0.738. The van der Waals surface area contributed by atoms with E-state index >= 15 is 0 Å². The Morgan fingerprint density at radius 1 is 1.31 bits per heavy atom. The van der Waals surface area contributed by atoms with Crippen molar-refractivity contribution >= 4 is 0 Å². The molecule has 0 aliphatic heterocycles. The summed E-state index contributed by atoms with van der Waals surface area (Å²) in [5.74, 6) is 0. The van der Waals surface area contributed by atoms with Gasteiger partial charge in [0.05, 0.1) is 5.69 Å². The SMILES string of the molecule is [CH2]Cc1cccc(-c2cc[nH]n2)c1. The lowest BCUT2D eigenvalue weighted by Crippen LogP contribution is -1.82. The Bertz CT molecular complexity index is 377. The van der Waals surface area contributed by atoms with E-state index in [9.17, 15) is 0 Å². The Balaban J connectivity index is 2.41. The summed E-state index contributed by atoms with van der Waals surface area (Å²) in [6, 6.07) is 10.2. The first-order chi connectivity index (χ1) is 6.40. The predicted octanol–water partition coefficient (Wildman–Crippen LogP) is 2.45. The molecule has 0 bridgehead atoms. The summed E-state index contributed by atoms with van der Waals surface area (Å²) in [7, 11) is 0. The molecule has 0 saturated carbocycles. The summed E-state index contributed by atoms with van der Waals surface area (Å²) in [6.45, 7) is 3.85. The molecule has 1 N–H and O–H groups in total. The number of benzene rings is 1. The highest BCUT2D eigenvalue weighted by Gasteiger charge is 1.98. The van der Waals surface area contributed by atoms with Crippen LogP contribution < -0.4 is 0 Å². The Kier molecular flexibility index (Phi) is 2.13. The smallest absolute Gasteiger partial charge is 0.0920 e. The highest BCUT2D eigenvalue weighted by Crippen LogP contribution is 2.17. The van der Waals surface area contributed by atoms with Gasteiger partial charge in [-0.15, -0.1) is 0 Å². The van der Waals surface area contributed by atoms with Gasteiger partial charge in [-0.05, 0) is 31.0 Å². The van der Waals surface area contributed by atoms with Gasteiger partial charge in [0.2, 0.25) is 0 Å². The van der Waals surface area contributed by atoms with Gasteiger partial charge in [0.15, 0.2) is 0 Å². The molecular weight excluding hydrogens is 160 g/mol. The molecule has 0 aliphatic carbocycles. The second-order valence-electron chi connectivity index (χ2n) is 2.91. The van der Waals surface area contributed by atoms with Gasteiger partial charge < -0.3 is 0 Å². The van der Waals surface area contributed by atoms with E-state index in [1.165, 1.54) is 5.56 Å². The van der Waals surface area contributed by atoms with Crippen LogP contribution in [0, 0.1) is 6.92 Å². The maximum absolute atomic E-state index is 4.12. The van der Waals surface area contributed by atoms with E-state index in [-0.39, 0.29) is 0 Å². The van der Waals surface area contributed by atoms with Crippen LogP contribution >= 0.6 is 0 Å². The zero-order valence-electron chi connectivity index (χ0n) is 7.33. The molecule has 13 heavy (non-hydrogen) atoms. The van der Waals surface area contributed by atoms with E-state index in [2.05, 4.69) is 35.3 Å². The number of rotatable bonds is 2. The third kappa shape index (κ3) is 1.61. The van der Waals surface area contributed by atoms with Crippen LogP contribution in [0.1, 0.15) is 5.56 Å². The van der Waals surface area contributed by atoms with E-state index in [0.29, 0.717) is 0 Å². The second kappa shape index (κ2) is 3.44. The number of aromatic amines is 1. The Hall–Kier alpha value is -1.57. The second-order valence-corrected chi connectivity index (χ2v) is 2.91. The van der Waals surface area contributed by atoms with Crippen molar-refractivity contribution in [1.29, 1.82) is 0 Å². The minimum Gasteiger partial charge on any atom is -0.285 e. The molecular formula is C11H11N2. The molecule has 1 radical (unpaired) electrons. The van der Waals surface area contributed by atoms with Gasteiger partial charge in [0, 0.05) is 11.8 Å². The van der Waals surface area contributed by atoms with E-state index in [1.807, 2.05) is 18.3 Å². The zero-order chi connectivity index (χ0) is 9.10. The van der Waals surface area contributed by atoms with Crippen molar-refractivity contribution < 1.29 is 0 Å². The van der Waals surface area contributed by atoms with Gasteiger partial charge in [-0.2, -0.15) is 5.10 Å². The van der Waals surface area contributed by atoms with Crippen LogP contribution in [-0.2, 0) is 6.42 Å². The summed E-state index contributed by atoms with van der Waals surface area (Å²) in [4.78, 5) is 0. The van der Waals surface area contributed by atoms with Crippen molar-refractivity contribution in [2.75, 3.05) is 0 Å². The van der Waals surface area contributed by atoms with Gasteiger partial charge in [-0.3, -0.25) is 5.10 Å². The largest absolute Gasteiger partial charge is 0.285 e. The average Bonchev–Trinajstić information content (AvgIpc) is 2.71. The molecule has 2 nitrogen and oxygen atoms in total. The Labute approximate surface area is 77.6 Å². The van der Waals surface area contributed by atoms with E-state index in [0.717, 1.165) is 17.7 Å². The molecule has 0 atom stereocenters. The van der Waals surface area contributed by atoms with E-state index in [1.54, 1.807) is 0 Å². The minimum atomic E-state index is 0.818. The molecule has 1 heterocycles. The fraction of sp³-hybridized carbons (Fsp3) is 0.0909. The summed E-state index contributed by atoms with van der Waals surface area (Å²) < 4.78 is 0. The van der Waals surface area contributed by atoms with Crippen LogP contribution in [0.5, 0.6) is 0 Å². The summed E-state index contributed by atoms with van der Waals surface area (Å²) in [5, 5.41) is 6.92. The number of H-pyrrole nitrogens is 1. The monoisotopic (exact) mass is 171 g/mol. The molecule has 65 valence electrons. The molecule has 1 aromatic carbocycles. The molecule has 0 aliphatic rings. The third-order valence-corrected chi connectivity index (χ3v) is 2.01. The molecule has 1 aromatic heterocycles. The van der Waals surface area contributed by atoms with Crippen LogP contribution in [0.2, 0.25) is 0 Å². The summed E-state index contributed by atoms with van der Waals surface area (Å²) >= 11 is 0. The molecule has 2 rings (SSSR count). The lowest BCUT2D eigenvalue weighted by atomic mass is 10.1. The lowest BCUT2D eigenvalue weighted by Gasteiger charge is -1.99. The maximum Gasteiger partial charge on any atom is 0.0920 e. The standard InChI is InChI=1S/C11H11N2/c1-2-9-4-3-5-10(8-9)11-6-7-12-13-11/h3-8H,1-2H2,(H,12,13). The number of nitrogens with one attached hydrogen (secondary N) is 1. The first-order valence-electron chi connectivity index (χ1n) is 4.28. The number of aromatic nitrogens is 2. The van der Waals surface area contributed by atoms with Gasteiger partial charge in [-0.25, -0.2) is 0 Å². The normalized spacial score (nSPS) is 10.2. The molecule has 2 aromatic rings. The van der Waals surface area contributed by atoms with Crippen molar-refractivity contribution in [2.24, 2.45) is 0 Å². The van der Waals surface area contributed by atoms with Gasteiger partial charge in [0.25, 0.3) is 0 Å². The van der Waals surface area contributed by atoms with Crippen molar-refractivity contribution in [3.05, 3.63) is 49.0 Å². The predicted molar refractivity (Wildman–Crippen MR) is 53.1 cm³/mol. The van der Waals surface area contributed by atoms with Crippen LogP contribution in [0.3, 0.4) is 0 Å². The third-order valence-electron chi connectivity index (χ3n) is 2.01. The minimum absolute atomic E-state index is 0.818. The van der Waals surface area contributed by atoms with Crippen molar-refractivity contribution in [3.8, 4) is 11.3 Å². The van der Waals surface area contributed by atoms with Gasteiger partial charge in [0.1, 0.15) is 0 Å². The fourth-order valence-corrected chi connectivity index (χ4v) is 1.31. The topological polar surface area (TPSA) is 28.7 Å². The number of hydrogen-bond acceptors (Lipinski definition) is 1. The highest BCUT2D eigenvalue weighted by molar-refractivity contribution is 5.59. The molecule has 0 saturated heterocycles. The maximum atomic E-state index is 4.12. The zero-order valence-corrected chi connectivity index (χ0v) is 7.33. The van der Waals surface area contributed by atoms with Crippen LogP contribution in [0.4, 0.5) is 0 Å². The van der Waals surface area contributed by atoms with E-state index < -0.39 is 0 Å². The number of hydrogen-bond donors (Lipinski definition) is 1. The molecule has 0 amide bonds. The average molecular weight is 171 g/mol. The Morgan fingerprint density at radius 2 is 2.23 bits per heavy atom. The first kappa shape index (κ1) is 8.05. The van der Waals surface area contributed by atoms with Crippen molar-refractivity contribution in [1.82, 2.24) is 10.2 Å². The fourth-order valence-electron chi connectivity index (χ4n) is 1.31. The van der Waals surface area contributed by atoms with Crippen molar-refractivity contribution in [2.45, 2.75) is 6.42 Å². The van der Waals surface area contributed by atoms with Crippen LogP contribution in [0.15, 0.2) is 36.5 Å². The summed E-state index contributed by atoms with van der Waals surface area (Å²) in [5.41, 5.74) is 3.36. The molecule has 0 fully saturated rings. The summed E-state index contributed by atoms with van der Waals surface area (Å²) in [6.07, 6.45) is 2.64. The molecule has 2 heteroatoms. The Morgan fingerprint density at radius 3 is 2.92 bits per heavy atom. The van der Waals surface area contributed by atoms with Crippen LogP contribution in [-0.4, -0.2) is 10.2 Å². The van der Waals surface area contributed by atoms with Gasteiger partial charge in [-0.1, -0.05) is 18.2 Å².